The van der Waals surface area contributed by atoms with Gasteiger partial charge in [-0.05, 0) is 66.2 Å². The van der Waals surface area contributed by atoms with Crippen molar-refractivity contribution in [2.45, 2.75) is 24.3 Å². The van der Waals surface area contributed by atoms with Crippen LogP contribution >= 0.6 is 11.3 Å². The number of methoxy groups -OCH3 is 2. The molecule has 10 heteroatoms. The lowest BCUT2D eigenvalue weighted by Crippen LogP contribution is -2.48. The summed E-state index contributed by atoms with van der Waals surface area (Å²) in [4.78, 5) is 16.7. The Bertz CT molecular complexity index is 1310. The molecule has 37 heavy (non-hydrogen) atoms. The van der Waals surface area contributed by atoms with Crippen LogP contribution in [-0.2, 0) is 26.0 Å². The fourth-order valence-electron chi connectivity index (χ4n) is 4.38. The normalized spacial score (nSPS) is 15.5. The molecule has 1 amide bonds. The highest BCUT2D eigenvalue weighted by molar-refractivity contribution is 7.89. The van der Waals surface area contributed by atoms with Gasteiger partial charge < -0.3 is 19.1 Å². The second-order valence-corrected chi connectivity index (χ2v) is 11.7. The third kappa shape index (κ3) is 6.15. The van der Waals surface area contributed by atoms with E-state index in [1.165, 1.54) is 35.5 Å². The van der Waals surface area contributed by atoms with Crippen molar-refractivity contribution in [3.63, 3.8) is 0 Å². The van der Waals surface area contributed by atoms with Gasteiger partial charge in [0.15, 0.2) is 0 Å². The van der Waals surface area contributed by atoms with E-state index in [2.05, 4.69) is 0 Å². The molecule has 0 unspecified atom stereocenters. The van der Waals surface area contributed by atoms with Crippen LogP contribution in [0.2, 0.25) is 0 Å². The Labute approximate surface area is 222 Å². The lowest BCUT2D eigenvalue weighted by molar-refractivity contribution is -0.135. The summed E-state index contributed by atoms with van der Waals surface area (Å²) in [6.07, 6.45) is 0.725. The number of carbonyl (C=O) groups is 1. The molecule has 4 rings (SSSR count). The van der Waals surface area contributed by atoms with Gasteiger partial charge in [-0.3, -0.25) is 4.79 Å². The maximum Gasteiger partial charge on any atom is 0.243 e. The predicted octanol–water partition coefficient (Wildman–Crippen LogP) is 3.91. The number of carbonyl (C=O) groups excluding carboxylic acids is 1. The van der Waals surface area contributed by atoms with E-state index in [1.54, 1.807) is 28.4 Å². The monoisotopic (exact) mass is 544 g/mol. The van der Waals surface area contributed by atoms with Gasteiger partial charge in [0.05, 0.1) is 31.2 Å². The Morgan fingerprint density at radius 1 is 1.11 bits per heavy atom. The van der Waals surface area contributed by atoms with Gasteiger partial charge in [-0.25, -0.2) is 8.42 Å². The van der Waals surface area contributed by atoms with Crippen molar-refractivity contribution in [2.75, 3.05) is 47.1 Å². The zero-order chi connectivity index (χ0) is 26.4. The first-order valence-electron chi connectivity index (χ1n) is 12.0. The molecule has 1 atom stereocenters. The SMILES string of the molecule is COCCN(CC(=O)N1CCc2sccc2[C@H]1COc1ccccc1C)S(=O)(=O)c1ccc(OC)cc1. The van der Waals surface area contributed by atoms with Gasteiger partial charge in [0, 0.05) is 25.1 Å². The summed E-state index contributed by atoms with van der Waals surface area (Å²) in [6.45, 7) is 2.68. The van der Waals surface area contributed by atoms with Crippen LogP contribution in [0.4, 0.5) is 0 Å². The Kier molecular flexibility index (Phi) is 8.86. The van der Waals surface area contributed by atoms with Crippen LogP contribution < -0.4 is 9.47 Å². The van der Waals surface area contributed by atoms with Crippen LogP contribution in [0.15, 0.2) is 64.9 Å². The molecule has 0 bridgehead atoms. The predicted molar refractivity (Wildman–Crippen MR) is 143 cm³/mol. The first kappa shape index (κ1) is 27.1. The quantitative estimate of drug-likeness (QED) is 0.364. The Hall–Kier alpha value is -2.92. The summed E-state index contributed by atoms with van der Waals surface area (Å²) < 4.78 is 44.6. The molecule has 3 aromatic rings. The van der Waals surface area contributed by atoms with Gasteiger partial charge in [-0.2, -0.15) is 4.31 Å². The van der Waals surface area contributed by atoms with Crippen molar-refractivity contribution in [1.29, 1.82) is 0 Å². The van der Waals surface area contributed by atoms with Crippen molar-refractivity contribution in [3.8, 4) is 11.5 Å². The van der Waals surface area contributed by atoms with Crippen LogP contribution in [0.1, 0.15) is 22.0 Å². The van der Waals surface area contributed by atoms with Crippen LogP contribution in [0.5, 0.6) is 11.5 Å². The smallest absolute Gasteiger partial charge is 0.243 e. The standard InChI is InChI=1S/C27H32N2O6S2/c1-20-6-4-5-7-25(20)35-19-24-23-13-17-36-26(23)12-14-29(24)27(30)18-28(15-16-33-2)37(31,32)22-10-8-21(34-3)9-11-22/h4-11,13,17,24H,12,14-16,18-19H2,1-3H3/t24-/m1/s1. The van der Waals surface area contributed by atoms with E-state index in [9.17, 15) is 13.2 Å². The number of sulfonamides is 1. The maximum absolute atomic E-state index is 13.7. The summed E-state index contributed by atoms with van der Waals surface area (Å²) in [7, 11) is -0.920. The molecule has 2 heterocycles. The number of rotatable bonds is 11. The first-order valence-corrected chi connectivity index (χ1v) is 14.3. The number of hydrogen-bond donors (Lipinski definition) is 0. The van der Waals surface area contributed by atoms with E-state index in [1.807, 2.05) is 42.6 Å². The lowest BCUT2D eigenvalue weighted by Gasteiger charge is -2.37. The number of nitrogens with zero attached hydrogens (tertiary/aromatic N) is 2. The third-order valence-corrected chi connectivity index (χ3v) is 9.32. The summed E-state index contributed by atoms with van der Waals surface area (Å²) in [5.41, 5.74) is 2.07. The van der Waals surface area contributed by atoms with E-state index >= 15 is 0 Å². The highest BCUT2D eigenvalue weighted by Crippen LogP contribution is 2.34. The number of ether oxygens (including phenoxy) is 3. The molecule has 0 saturated heterocycles. The van der Waals surface area contributed by atoms with E-state index in [0.29, 0.717) is 12.3 Å². The first-order chi connectivity index (χ1) is 17.8. The number of fused-ring (bicyclic) bond motifs is 1. The van der Waals surface area contributed by atoms with Gasteiger partial charge in [-0.15, -0.1) is 11.3 Å². The number of aryl methyl sites for hydroxylation is 1. The molecular weight excluding hydrogens is 512 g/mol. The minimum Gasteiger partial charge on any atom is -0.497 e. The number of amides is 1. The summed E-state index contributed by atoms with van der Waals surface area (Å²) in [5.74, 6) is 1.04. The zero-order valence-corrected chi connectivity index (χ0v) is 22.9. The molecule has 0 fully saturated rings. The van der Waals surface area contributed by atoms with Crippen LogP contribution in [-0.4, -0.2) is 70.6 Å². The average molecular weight is 545 g/mol. The second kappa shape index (κ2) is 12.1. The summed E-state index contributed by atoms with van der Waals surface area (Å²) >= 11 is 1.67. The van der Waals surface area contributed by atoms with Gasteiger partial charge >= 0.3 is 0 Å². The minimum atomic E-state index is -3.94. The summed E-state index contributed by atoms with van der Waals surface area (Å²) in [6, 6.07) is 15.6. The molecule has 198 valence electrons. The average Bonchev–Trinajstić information content (AvgIpc) is 3.39. The molecule has 0 aliphatic carbocycles. The molecule has 0 radical (unpaired) electrons. The van der Waals surface area contributed by atoms with Crippen LogP contribution in [0.25, 0.3) is 0 Å². The zero-order valence-electron chi connectivity index (χ0n) is 21.3. The van der Waals surface area contributed by atoms with Crippen molar-refractivity contribution in [1.82, 2.24) is 9.21 Å². The Balaban J connectivity index is 1.56. The highest BCUT2D eigenvalue weighted by atomic mass is 32.2. The summed E-state index contributed by atoms with van der Waals surface area (Å²) in [5, 5.41) is 2.03. The number of hydrogen-bond acceptors (Lipinski definition) is 7. The van der Waals surface area contributed by atoms with Gasteiger partial charge in [0.25, 0.3) is 0 Å². The van der Waals surface area contributed by atoms with Crippen molar-refractivity contribution < 1.29 is 27.4 Å². The van der Waals surface area contributed by atoms with E-state index in [0.717, 1.165) is 23.3 Å². The Morgan fingerprint density at radius 3 is 2.57 bits per heavy atom. The topological polar surface area (TPSA) is 85.4 Å². The molecule has 1 aliphatic rings. The number of para-hydroxylation sites is 1. The molecule has 0 spiro atoms. The Morgan fingerprint density at radius 2 is 1.86 bits per heavy atom. The highest BCUT2D eigenvalue weighted by Gasteiger charge is 2.35. The van der Waals surface area contributed by atoms with Gasteiger partial charge in [0.2, 0.25) is 15.9 Å². The van der Waals surface area contributed by atoms with Gasteiger partial charge in [0.1, 0.15) is 18.1 Å². The molecule has 1 aliphatic heterocycles. The van der Waals surface area contributed by atoms with Crippen LogP contribution in [0.3, 0.4) is 0 Å². The van der Waals surface area contributed by atoms with Gasteiger partial charge in [-0.1, -0.05) is 18.2 Å². The number of thiophene rings is 1. The maximum atomic E-state index is 13.7. The third-order valence-electron chi connectivity index (χ3n) is 6.46. The van der Waals surface area contributed by atoms with E-state index in [-0.39, 0.29) is 43.1 Å². The fourth-order valence-corrected chi connectivity index (χ4v) is 6.68. The van der Waals surface area contributed by atoms with E-state index in [4.69, 9.17) is 14.2 Å². The number of benzene rings is 2. The second-order valence-electron chi connectivity index (χ2n) is 8.74. The minimum absolute atomic E-state index is 0.0541. The van der Waals surface area contributed by atoms with Crippen molar-refractivity contribution >= 4 is 27.3 Å². The van der Waals surface area contributed by atoms with Crippen molar-refractivity contribution in [2.24, 2.45) is 0 Å². The molecule has 8 nitrogen and oxygen atoms in total. The fraction of sp³-hybridized carbons (Fsp3) is 0.370. The molecule has 2 aromatic carbocycles. The molecule has 0 N–H and O–H groups in total. The molecule has 1 aromatic heterocycles. The largest absolute Gasteiger partial charge is 0.497 e. The van der Waals surface area contributed by atoms with E-state index < -0.39 is 10.0 Å². The van der Waals surface area contributed by atoms with Crippen LogP contribution in [0, 0.1) is 6.92 Å². The molecule has 0 saturated carbocycles. The van der Waals surface area contributed by atoms with Crippen molar-refractivity contribution in [3.05, 3.63) is 76.0 Å². The lowest BCUT2D eigenvalue weighted by atomic mass is 10.0. The molecular formula is C27H32N2O6S2.